The number of ether oxygens (including phenoxy) is 1. The molecule has 0 fully saturated rings. The molecule has 0 unspecified atom stereocenters. The molecule has 2 N–H and O–H groups in total. The fourth-order valence-corrected chi connectivity index (χ4v) is 2.02. The number of carbonyl (C=O) groups is 1. The molecule has 0 radical (unpaired) electrons. The van der Waals surface area contributed by atoms with E-state index in [0.29, 0.717) is 22.4 Å². The summed E-state index contributed by atoms with van der Waals surface area (Å²) >= 11 is 11.8. The first-order valence-corrected chi connectivity index (χ1v) is 6.74. The SMILES string of the molecule is NC(=O)Cc1ccc(OCc2ccc(Cl)c(Cl)c2)cc1. The average Bonchev–Trinajstić information content (AvgIpc) is 2.41. The fraction of sp³-hybridized carbons (Fsp3) is 0.133. The summed E-state index contributed by atoms with van der Waals surface area (Å²) in [5.74, 6) is 0.360. The minimum Gasteiger partial charge on any atom is -0.489 e. The Hall–Kier alpha value is -1.71. The van der Waals surface area contributed by atoms with Crippen molar-refractivity contribution < 1.29 is 9.53 Å². The van der Waals surface area contributed by atoms with Gasteiger partial charge in [-0.15, -0.1) is 0 Å². The zero-order chi connectivity index (χ0) is 14.5. The van der Waals surface area contributed by atoms with Gasteiger partial charge in [0.05, 0.1) is 16.5 Å². The first kappa shape index (κ1) is 14.7. The van der Waals surface area contributed by atoms with E-state index < -0.39 is 0 Å². The Bertz CT molecular complexity index is 612. The molecule has 0 atom stereocenters. The molecule has 5 heteroatoms. The predicted octanol–water partition coefficient (Wildman–Crippen LogP) is 3.60. The maximum Gasteiger partial charge on any atom is 0.221 e. The summed E-state index contributed by atoms with van der Waals surface area (Å²) in [6.07, 6.45) is 0.229. The highest BCUT2D eigenvalue weighted by Gasteiger charge is 2.02. The Kier molecular flexibility index (Phi) is 4.88. The molecule has 0 spiro atoms. The minimum atomic E-state index is -0.352. The number of halogens is 2. The van der Waals surface area contributed by atoms with Gasteiger partial charge in [0.15, 0.2) is 0 Å². The minimum absolute atomic E-state index is 0.229. The van der Waals surface area contributed by atoms with Crippen LogP contribution in [0.15, 0.2) is 42.5 Å². The van der Waals surface area contributed by atoms with Gasteiger partial charge in [0.1, 0.15) is 12.4 Å². The maximum absolute atomic E-state index is 10.8. The second kappa shape index (κ2) is 6.64. The molecular formula is C15H13Cl2NO2. The molecule has 2 aromatic rings. The smallest absolute Gasteiger partial charge is 0.221 e. The zero-order valence-corrected chi connectivity index (χ0v) is 12.1. The second-order valence-electron chi connectivity index (χ2n) is 4.32. The highest BCUT2D eigenvalue weighted by Crippen LogP contribution is 2.23. The summed E-state index contributed by atoms with van der Waals surface area (Å²) in [4.78, 5) is 10.8. The van der Waals surface area contributed by atoms with Gasteiger partial charge in [0.2, 0.25) is 5.91 Å². The number of benzene rings is 2. The first-order chi connectivity index (χ1) is 9.54. The van der Waals surface area contributed by atoms with Gasteiger partial charge in [-0.05, 0) is 35.4 Å². The normalized spacial score (nSPS) is 10.3. The van der Waals surface area contributed by atoms with Crippen molar-refractivity contribution in [2.45, 2.75) is 13.0 Å². The molecule has 0 aromatic heterocycles. The topological polar surface area (TPSA) is 52.3 Å². The van der Waals surface area contributed by atoms with E-state index in [4.69, 9.17) is 33.7 Å². The molecule has 104 valence electrons. The van der Waals surface area contributed by atoms with Gasteiger partial charge in [-0.3, -0.25) is 4.79 Å². The number of carbonyl (C=O) groups excluding carboxylic acids is 1. The summed E-state index contributed by atoms with van der Waals surface area (Å²) in [6, 6.07) is 12.6. The highest BCUT2D eigenvalue weighted by atomic mass is 35.5. The number of hydrogen-bond acceptors (Lipinski definition) is 2. The van der Waals surface area contributed by atoms with Crippen molar-refractivity contribution in [2.75, 3.05) is 0 Å². The molecule has 0 bridgehead atoms. The molecule has 0 aliphatic carbocycles. The molecule has 0 heterocycles. The van der Waals surface area contributed by atoms with Crippen LogP contribution < -0.4 is 10.5 Å². The highest BCUT2D eigenvalue weighted by molar-refractivity contribution is 6.42. The third-order valence-corrected chi connectivity index (χ3v) is 3.43. The predicted molar refractivity (Wildman–Crippen MR) is 80.1 cm³/mol. The van der Waals surface area contributed by atoms with Gasteiger partial charge in [-0.2, -0.15) is 0 Å². The van der Waals surface area contributed by atoms with Gasteiger partial charge in [0.25, 0.3) is 0 Å². The number of hydrogen-bond donors (Lipinski definition) is 1. The summed E-state index contributed by atoms with van der Waals surface area (Å²) in [5, 5.41) is 1.02. The molecule has 0 aliphatic heterocycles. The van der Waals surface area contributed by atoms with Crippen LogP contribution in [0.5, 0.6) is 5.75 Å². The van der Waals surface area contributed by atoms with E-state index in [1.165, 1.54) is 0 Å². The summed E-state index contributed by atoms with van der Waals surface area (Å²) in [5.41, 5.74) is 6.92. The van der Waals surface area contributed by atoms with Crippen molar-refractivity contribution in [3.05, 3.63) is 63.6 Å². The van der Waals surface area contributed by atoms with Crippen molar-refractivity contribution >= 4 is 29.1 Å². The maximum atomic E-state index is 10.8. The van der Waals surface area contributed by atoms with Crippen LogP contribution >= 0.6 is 23.2 Å². The lowest BCUT2D eigenvalue weighted by atomic mass is 10.1. The van der Waals surface area contributed by atoms with Crippen molar-refractivity contribution in [3.8, 4) is 5.75 Å². The first-order valence-electron chi connectivity index (χ1n) is 5.98. The number of amides is 1. The molecule has 2 aromatic carbocycles. The number of primary amides is 1. The summed E-state index contributed by atoms with van der Waals surface area (Å²) in [6.45, 7) is 0.395. The van der Waals surface area contributed by atoms with Crippen LogP contribution in [0.25, 0.3) is 0 Å². The van der Waals surface area contributed by atoms with Crippen molar-refractivity contribution in [2.24, 2.45) is 5.73 Å². The Labute approximate surface area is 127 Å². The van der Waals surface area contributed by atoms with E-state index in [0.717, 1.165) is 11.1 Å². The van der Waals surface area contributed by atoms with Crippen LogP contribution in [0.1, 0.15) is 11.1 Å². The van der Waals surface area contributed by atoms with Gasteiger partial charge in [-0.1, -0.05) is 41.4 Å². The van der Waals surface area contributed by atoms with Crippen LogP contribution in [0, 0.1) is 0 Å². The fourth-order valence-electron chi connectivity index (χ4n) is 1.70. The molecule has 1 amide bonds. The van der Waals surface area contributed by atoms with E-state index in [2.05, 4.69) is 0 Å². The molecule has 2 rings (SSSR count). The van der Waals surface area contributed by atoms with Crippen LogP contribution in [-0.2, 0) is 17.8 Å². The van der Waals surface area contributed by atoms with Crippen LogP contribution in [0.2, 0.25) is 10.0 Å². The van der Waals surface area contributed by atoms with Crippen LogP contribution in [-0.4, -0.2) is 5.91 Å². The Balaban J connectivity index is 1.96. The van der Waals surface area contributed by atoms with Gasteiger partial charge in [0, 0.05) is 0 Å². The largest absolute Gasteiger partial charge is 0.489 e. The van der Waals surface area contributed by atoms with E-state index in [1.807, 2.05) is 18.2 Å². The van der Waals surface area contributed by atoms with Gasteiger partial charge < -0.3 is 10.5 Å². The molecule has 3 nitrogen and oxygen atoms in total. The van der Waals surface area contributed by atoms with E-state index in [-0.39, 0.29) is 12.3 Å². The third-order valence-electron chi connectivity index (χ3n) is 2.69. The standard InChI is InChI=1S/C15H13Cl2NO2/c16-13-6-3-11(7-14(13)17)9-20-12-4-1-10(2-5-12)8-15(18)19/h1-7H,8-9H2,(H2,18,19). The second-order valence-corrected chi connectivity index (χ2v) is 5.14. The molecule has 20 heavy (non-hydrogen) atoms. The Morgan fingerprint density at radius 1 is 1.00 bits per heavy atom. The van der Waals surface area contributed by atoms with E-state index in [9.17, 15) is 4.79 Å². The lowest BCUT2D eigenvalue weighted by Gasteiger charge is -2.08. The lowest BCUT2D eigenvalue weighted by molar-refractivity contribution is -0.117. The average molecular weight is 310 g/mol. The number of nitrogens with two attached hydrogens (primary N) is 1. The molecule has 0 saturated carbocycles. The van der Waals surface area contributed by atoms with Crippen LogP contribution in [0.4, 0.5) is 0 Å². The summed E-state index contributed by atoms with van der Waals surface area (Å²) in [7, 11) is 0. The molecule has 0 aliphatic rings. The van der Waals surface area contributed by atoms with Crippen LogP contribution in [0.3, 0.4) is 0 Å². The van der Waals surface area contributed by atoms with Gasteiger partial charge in [-0.25, -0.2) is 0 Å². The number of rotatable bonds is 5. The Morgan fingerprint density at radius 3 is 2.25 bits per heavy atom. The summed E-state index contributed by atoms with van der Waals surface area (Å²) < 4.78 is 5.63. The molecular weight excluding hydrogens is 297 g/mol. The Morgan fingerprint density at radius 2 is 1.65 bits per heavy atom. The zero-order valence-electron chi connectivity index (χ0n) is 10.6. The molecule has 0 saturated heterocycles. The van der Waals surface area contributed by atoms with E-state index in [1.54, 1.807) is 24.3 Å². The monoisotopic (exact) mass is 309 g/mol. The van der Waals surface area contributed by atoms with E-state index >= 15 is 0 Å². The van der Waals surface area contributed by atoms with Crippen molar-refractivity contribution in [1.29, 1.82) is 0 Å². The lowest BCUT2D eigenvalue weighted by Crippen LogP contribution is -2.13. The van der Waals surface area contributed by atoms with Crippen molar-refractivity contribution in [1.82, 2.24) is 0 Å². The van der Waals surface area contributed by atoms with Crippen molar-refractivity contribution in [3.63, 3.8) is 0 Å². The van der Waals surface area contributed by atoms with Gasteiger partial charge >= 0.3 is 0 Å². The third kappa shape index (κ3) is 4.15. The quantitative estimate of drug-likeness (QED) is 0.917.